The van der Waals surface area contributed by atoms with Crippen LogP contribution in [0.5, 0.6) is 0 Å². The molecule has 0 aliphatic carbocycles. The second kappa shape index (κ2) is 6.77. The molecule has 0 heterocycles. The summed E-state index contributed by atoms with van der Waals surface area (Å²) in [6.45, 7) is 3.64. The number of nitrogens with zero attached hydrogens (tertiary/aromatic N) is 3. The molecule has 0 aliphatic heterocycles. The molecule has 104 valence electrons. The van der Waals surface area contributed by atoms with Gasteiger partial charge in [0.1, 0.15) is 0 Å². The molecule has 0 fully saturated rings. The van der Waals surface area contributed by atoms with Gasteiger partial charge in [0.2, 0.25) is 0 Å². The maximum atomic E-state index is 11.5. The van der Waals surface area contributed by atoms with Crippen molar-refractivity contribution in [3.05, 3.63) is 0 Å². The zero-order valence-electron chi connectivity index (χ0n) is 11.7. The van der Waals surface area contributed by atoms with Gasteiger partial charge in [0.15, 0.2) is 15.8 Å². The maximum absolute atomic E-state index is 11.5. The highest BCUT2D eigenvalue weighted by Crippen LogP contribution is 2.15. The summed E-state index contributed by atoms with van der Waals surface area (Å²) in [5.41, 5.74) is 0. The largest absolute Gasteiger partial charge is 0.349 e. The van der Waals surface area contributed by atoms with Gasteiger partial charge in [-0.2, -0.15) is 0 Å². The molecule has 0 saturated heterocycles. The van der Waals surface area contributed by atoms with Crippen LogP contribution in [0.3, 0.4) is 0 Å². The van der Waals surface area contributed by atoms with Crippen molar-refractivity contribution in [2.45, 2.75) is 18.6 Å². The zero-order chi connectivity index (χ0) is 13.1. The van der Waals surface area contributed by atoms with Crippen LogP contribution in [-0.2, 0) is 9.84 Å². The molecule has 0 spiro atoms. The quantitative estimate of drug-likeness (QED) is 0.417. The number of guanidine groups is 1. The lowest BCUT2D eigenvalue weighted by Crippen LogP contribution is -2.39. The Hall–Kier alpha value is -0.0500. The van der Waals surface area contributed by atoms with Crippen molar-refractivity contribution >= 4 is 39.8 Å². The molecule has 0 unspecified atom stereocenters. The van der Waals surface area contributed by atoms with Crippen molar-refractivity contribution in [3.63, 3.8) is 0 Å². The maximum Gasteiger partial charge on any atom is 0.195 e. The average Bonchev–Trinajstić information content (AvgIpc) is 1.99. The second-order valence-electron chi connectivity index (χ2n) is 4.94. The predicted molar refractivity (Wildman–Crippen MR) is 84.0 cm³/mol. The Kier molecular flexibility index (Phi) is 7.68. The molecule has 0 bridgehead atoms. The Morgan fingerprint density at radius 2 is 1.47 bits per heavy atom. The van der Waals surface area contributed by atoms with E-state index in [2.05, 4.69) is 4.99 Å². The van der Waals surface area contributed by atoms with Crippen LogP contribution in [0.25, 0.3) is 0 Å². The van der Waals surface area contributed by atoms with E-state index in [1.807, 2.05) is 38.0 Å². The topological polar surface area (TPSA) is 53.0 Å². The number of aliphatic imine (C=N–C) groups is 1. The van der Waals surface area contributed by atoms with Crippen molar-refractivity contribution in [1.82, 2.24) is 9.80 Å². The third-order valence-corrected chi connectivity index (χ3v) is 4.54. The summed E-state index contributed by atoms with van der Waals surface area (Å²) in [5.74, 6) is 0.761. The van der Waals surface area contributed by atoms with Crippen molar-refractivity contribution < 1.29 is 8.42 Å². The Morgan fingerprint density at radius 1 is 1.12 bits per heavy atom. The average molecular weight is 377 g/mol. The fourth-order valence-corrected chi connectivity index (χ4v) is 1.36. The molecule has 0 N–H and O–H groups in total. The molecular formula is C10H24IN3O2S. The van der Waals surface area contributed by atoms with Crippen LogP contribution in [0, 0.1) is 0 Å². The van der Waals surface area contributed by atoms with Crippen LogP contribution in [0.15, 0.2) is 4.99 Å². The Bertz CT molecular complexity index is 352. The Labute approximate surface area is 122 Å². The minimum Gasteiger partial charge on any atom is -0.349 e. The van der Waals surface area contributed by atoms with Crippen LogP contribution in [-0.4, -0.2) is 69.9 Å². The van der Waals surface area contributed by atoms with E-state index in [-0.39, 0.29) is 30.5 Å². The normalized spacial score (nSPS) is 11.5. The van der Waals surface area contributed by atoms with Gasteiger partial charge < -0.3 is 9.80 Å². The molecule has 5 nitrogen and oxygen atoms in total. The fraction of sp³-hybridized carbons (Fsp3) is 0.900. The van der Waals surface area contributed by atoms with Crippen molar-refractivity contribution in [3.8, 4) is 0 Å². The van der Waals surface area contributed by atoms with Gasteiger partial charge in [0.25, 0.3) is 0 Å². The van der Waals surface area contributed by atoms with E-state index in [1.54, 1.807) is 13.8 Å². The third kappa shape index (κ3) is 5.89. The molecule has 0 atom stereocenters. The van der Waals surface area contributed by atoms with Crippen LogP contribution < -0.4 is 0 Å². The fourth-order valence-electron chi connectivity index (χ4n) is 1.06. The van der Waals surface area contributed by atoms with Gasteiger partial charge in [-0.15, -0.1) is 24.0 Å². The number of rotatable bonds is 3. The van der Waals surface area contributed by atoms with Crippen molar-refractivity contribution in [2.24, 2.45) is 4.99 Å². The molecule has 0 radical (unpaired) electrons. The van der Waals surface area contributed by atoms with Crippen LogP contribution in [0.4, 0.5) is 0 Å². The predicted octanol–water partition coefficient (Wildman–Crippen LogP) is 0.907. The lowest BCUT2D eigenvalue weighted by molar-refractivity contribution is 0.474. The Balaban J connectivity index is 0. The highest BCUT2D eigenvalue weighted by Gasteiger charge is 2.30. The van der Waals surface area contributed by atoms with Crippen molar-refractivity contribution in [1.29, 1.82) is 0 Å². The van der Waals surface area contributed by atoms with Crippen LogP contribution in [0.2, 0.25) is 0 Å². The number of hydrogen-bond donors (Lipinski definition) is 0. The summed E-state index contributed by atoms with van der Waals surface area (Å²) in [5, 5.41) is 0. The van der Waals surface area contributed by atoms with E-state index in [0.29, 0.717) is 0 Å². The molecule has 0 aliphatic rings. The standard InChI is InChI=1S/C10H23N3O2S.HI/c1-10(2,16(7,14)15)8-11-9(12(3)4)13(5)6;/h8H2,1-7H3;1H. The smallest absolute Gasteiger partial charge is 0.195 e. The second-order valence-corrected chi connectivity index (χ2v) is 7.59. The highest BCUT2D eigenvalue weighted by molar-refractivity contribution is 14.0. The summed E-state index contributed by atoms with van der Waals surface area (Å²) in [7, 11) is 4.43. The first-order chi connectivity index (χ1) is 6.99. The minimum absolute atomic E-state index is 0. The van der Waals surface area contributed by atoms with Gasteiger partial charge in [0.05, 0.1) is 11.3 Å². The monoisotopic (exact) mass is 377 g/mol. The SMILES string of the molecule is CN(C)C(=NCC(C)(C)S(C)(=O)=O)N(C)C.I. The lowest BCUT2D eigenvalue weighted by Gasteiger charge is -2.25. The first kappa shape index (κ1) is 19.3. The summed E-state index contributed by atoms with van der Waals surface area (Å²) < 4.78 is 22.2. The first-order valence-corrected chi connectivity index (χ1v) is 6.97. The molecule has 0 amide bonds. The van der Waals surface area contributed by atoms with E-state index < -0.39 is 14.6 Å². The van der Waals surface area contributed by atoms with Crippen LogP contribution in [0.1, 0.15) is 13.8 Å². The molecule has 0 rings (SSSR count). The van der Waals surface area contributed by atoms with Gasteiger partial charge in [-0.05, 0) is 13.8 Å². The first-order valence-electron chi connectivity index (χ1n) is 5.08. The number of halogens is 1. The van der Waals surface area contributed by atoms with Gasteiger partial charge in [-0.1, -0.05) is 0 Å². The minimum atomic E-state index is -3.09. The third-order valence-electron chi connectivity index (χ3n) is 2.41. The van der Waals surface area contributed by atoms with Gasteiger partial charge >= 0.3 is 0 Å². The van der Waals surface area contributed by atoms with E-state index in [4.69, 9.17) is 0 Å². The highest BCUT2D eigenvalue weighted by atomic mass is 127. The van der Waals surface area contributed by atoms with E-state index in [1.165, 1.54) is 6.26 Å². The zero-order valence-corrected chi connectivity index (χ0v) is 14.8. The van der Waals surface area contributed by atoms with Crippen LogP contribution >= 0.6 is 24.0 Å². The molecule has 0 aromatic rings. The molecule has 0 aromatic carbocycles. The summed E-state index contributed by atoms with van der Waals surface area (Å²) >= 11 is 0. The van der Waals surface area contributed by atoms with Crippen molar-refractivity contribution in [2.75, 3.05) is 41.0 Å². The molecule has 0 aromatic heterocycles. The van der Waals surface area contributed by atoms with Gasteiger partial charge in [-0.25, -0.2) is 8.42 Å². The molecule has 7 heteroatoms. The summed E-state index contributed by atoms with van der Waals surface area (Å²) in [4.78, 5) is 8.07. The molecule has 0 saturated carbocycles. The molecular weight excluding hydrogens is 353 g/mol. The van der Waals surface area contributed by atoms with Gasteiger partial charge in [0, 0.05) is 34.4 Å². The van der Waals surface area contributed by atoms with Gasteiger partial charge in [-0.3, -0.25) is 4.99 Å². The number of sulfone groups is 1. The lowest BCUT2D eigenvalue weighted by atomic mass is 10.2. The summed E-state index contributed by atoms with van der Waals surface area (Å²) in [6, 6.07) is 0. The number of hydrogen-bond acceptors (Lipinski definition) is 3. The molecule has 17 heavy (non-hydrogen) atoms. The summed E-state index contributed by atoms with van der Waals surface area (Å²) in [6.07, 6.45) is 1.24. The van der Waals surface area contributed by atoms with E-state index in [0.717, 1.165) is 5.96 Å². The van der Waals surface area contributed by atoms with E-state index >= 15 is 0 Å². The Morgan fingerprint density at radius 3 is 1.71 bits per heavy atom. The van der Waals surface area contributed by atoms with E-state index in [9.17, 15) is 8.42 Å².